The van der Waals surface area contributed by atoms with E-state index in [0.717, 1.165) is 79.1 Å². The number of benzene rings is 3. The number of piperidine rings is 3. The molecule has 13 heteroatoms. The summed E-state index contributed by atoms with van der Waals surface area (Å²) in [6.45, 7) is 7.83. The number of hydrogen-bond donors (Lipinski definition) is 1. The van der Waals surface area contributed by atoms with Crippen molar-refractivity contribution in [3.05, 3.63) is 105 Å². The first-order chi connectivity index (χ1) is 27.5. The fraction of sp³-hybridized carbons (Fsp3) is 0.409. The van der Waals surface area contributed by atoms with Gasteiger partial charge >= 0.3 is 0 Å². The van der Waals surface area contributed by atoms with Crippen LogP contribution >= 0.6 is 11.6 Å². The number of nitriles is 1. The molecule has 1 N–H and O–H groups in total. The predicted molar refractivity (Wildman–Crippen MR) is 213 cm³/mol. The highest BCUT2D eigenvalue weighted by Gasteiger charge is 2.44. The number of halogens is 1. The number of amides is 5. The van der Waals surface area contributed by atoms with Crippen LogP contribution in [-0.2, 0) is 22.7 Å². The summed E-state index contributed by atoms with van der Waals surface area (Å²) in [5.74, 6) is -1.82. The largest absolute Gasteiger partial charge is 0.371 e. The van der Waals surface area contributed by atoms with Gasteiger partial charge in [0.05, 0.1) is 21.7 Å². The van der Waals surface area contributed by atoms with Crippen LogP contribution in [0.1, 0.15) is 99.6 Å². The van der Waals surface area contributed by atoms with Crippen molar-refractivity contribution in [2.45, 2.75) is 77.0 Å². The third kappa shape index (κ3) is 6.76. The number of rotatable bonds is 5. The molecule has 9 rings (SSSR count). The number of nitrogens with one attached hydrogen (secondary N) is 1. The molecule has 6 heterocycles. The highest BCUT2D eigenvalue weighted by Crippen LogP contribution is 2.46. The van der Waals surface area contributed by atoms with E-state index in [-0.39, 0.29) is 41.7 Å². The quantitative estimate of drug-likeness (QED) is 0.258. The molecule has 0 bridgehead atoms. The summed E-state index contributed by atoms with van der Waals surface area (Å²) in [6, 6.07) is 20.3. The van der Waals surface area contributed by atoms with Gasteiger partial charge in [-0.05, 0) is 117 Å². The van der Waals surface area contributed by atoms with Crippen molar-refractivity contribution < 1.29 is 24.0 Å². The van der Waals surface area contributed by atoms with Crippen LogP contribution in [0.4, 0.5) is 11.4 Å². The van der Waals surface area contributed by atoms with Crippen molar-refractivity contribution >= 4 is 52.5 Å². The number of fused-ring (bicyclic) bond motifs is 2. The van der Waals surface area contributed by atoms with E-state index in [9.17, 15) is 29.2 Å². The van der Waals surface area contributed by atoms with Crippen LogP contribution in [0.5, 0.6) is 0 Å². The minimum absolute atomic E-state index is 0.0514. The lowest BCUT2D eigenvalue weighted by Gasteiger charge is -2.40. The molecule has 1 spiro atoms. The van der Waals surface area contributed by atoms with Crippen LogP contribution in [0.2, 0.25) is 5.02 Å². The lowest BCUT2D eigenvalue weighted by atomic mass is 9.76. The average molecular weight is 786 g/mol. The Kier molecular flexibility index (Phi) is 9.41. The molecule has 6 aliphatic rings. The lowest BCUT2D eigenvalue weighted by molar-refractivity contribution is -0.130. The Bertz CT molecular complexity index is 2240. The van der Waals surface area contributed by atoms with Crippen LogP contribution in [0.25, 0.3) is 0 Å². The third-order valence-electron chi connectivity index (χ3n) is 13.2. The average Bonchev–Trinajstić information content (AvgIpc) is 3.86. The summed E-state index contributed by atoms with van der Waals surface area (Å²) < 4.78 is 0. The lowest BCUT2D eigenvalue weighted by Crippen LogP contribution is -2.45. The van der Waals surface area contributed by atoms with Gasteiger partial charge in [0, 0.05) is 93.0 Å². The molecule has 1 atom stereocenters. The third-order valence-corrected chi connectivity index (χ3v) is 13.5. The SMILES string of the molecule is C[C@H]1CC2(CCN(c3ccc(C(=O)N4CCC(N5Cc6cc7c(cc6C5)C(=O)N(/C=C5\CCC(=O)NC5=O)C7=O)CC4)cc3)CC2)CN1c1ccc(C#N)c(Cl)c1. The molecule has 57 heavy (non-hydrogen) atoms. The Morgan fingerprint density at radius 3 is 2.14 bits per heavy atom. The molecule has 292 valence electrons. The van der Waals surface area contributed by atoms with Crippen molar-refractivity contribution in [3.8, 4) is 6.07 Å². The minimum Gasteiger partial charge on any atom is -0.371 e. The topological polar surface area (TPSA) is 137 Å². The molecule has 0 aromatic heterocycles. The number of carbonyl (C=O) groups excluding carboxylic acids is 5. The first-order valence-corrected chi connectivity index (χ1v) is 20.3. The summed E-state index contributed by atoms with van der Waals surface area (Å²) in [5, 5.41) is 12.0. The maximum absolute atomic E-state index is 13.6. The van der Waals surface area contributed by atoms with Crippen molar-refractivity contribution in [2.75, 3.05) is 42.5 Å². The van der Waals surface area contributed by atoms with Crippen LogP contribution in [0.3, 0.4) is 0 Å². The minimum atomic E-state index is -0.574. The van der Waals surface area contributed by atoms with E-state index in [4.69, 9.17) is 11.6 Å². The molecule has 12 nitrogen and oxygen atoms in total. The molecule has 0 unspecified atom stereocenters. The van der Waals surface area contributed by atoms with Gasteiger partial charge in [0.2, 0.25) is 5.91 Å². The van der Waals surface area contributed by atoms with Crippen molar-refractivity contribution in [1.82, 2.24) is 20.0 Å². The molecule has 5 amide bonds. The van der Waals surface area contributed by atoms with Gasteiger partial charge in [-0.1, -0.05) is 11.6 Å². The fourth-order valence-electron chi connectivity index (χ4n) is 9.94. The van der Waals surface area contributed by atoms with E-state index in [2.05, 4.69) is 45.1 Å². The Morgan fingerprint density at radius 2 is 1.53 bits per heavy atom. The predicted octanol–water partition coefficient (Wildman–Crippen LogP) is 5.63. The second kappa shape index (κ2) is 14.5. The van der Waals surface area contributed by atoms with E-state index >= 15 is 0 Å². The molecule has 4 saturated heterocycles. The molecule has 0 saturated carbocycles. The van der Waals surface area contributed by atoms with E-state index in [1.807, 2.05) is 47.4 Å². The number of likely N-dealkylation sites (tertiary alicyclic amines) is 1. The van der Waals surface area contributed by atoms with Crippen LogP contribution in [0.15, 0.2) is 66.4 Å². The van der Waals surface area contributed by atoms with Gasteiger partial charge in [-0.15, -0.1) is 0 Å². The van der Waals surface area contributed by atoms with Gasteiger partial charge in [-0.2, -0.15) is 5.26 Å². The molecule has 3 aromatic carbocycles. The fourth-order valence-corrected chi connectivity index (χ4v) is 10.2. The van der Waals surface area contributed by atoms with Gasteiger partial charge in [-0.3, -0.25) is 34.2 Å². The Hall–Kier alpha value is -5.51. The zero-order valence-electron chi connectivity index (χ0n) is 31.9. The second-order valence-electron chi connectivity index (χ2n) is 16.6. The van der Waals surface area contributed by atoms with Gasteiger partial charge in [-0.25, -0.2) is 4.90 Å². The first kappa shape index (κ1) is 37.1. The van der Waals surface area contributed by atoms with E-state index in [0.29, 0.717) is 59.5 Å². The number of nitrogens with zero attached hydrogens (tertiary/aromatic N) is 6. The number of carbonyl (C=O) groups is 5. The van der Waals surface area contributed by atoms with E-state index < -0.39 is 17.7 Å². The molecular weight excluding hydrogens is 742 g/mol. The van der Waals surface area contributed by atoms with Gasteiger partial charge in [0.15, 0.2) is 0 Å². The molecule has 3 aromatic rings. The summed E-state index contributed by atoms with van der Waals surface area (Å²) in [6.07, 6.45) is 6.58. The highest BCUT2D eigenvalue weighted by molar-refractivity contribution is 6.32. The first-order valence-electron chi connectivity index (χ1n) is 19.9. The maximum atomic E-state index is 13.6. The highest BCUT2D eigenvalue weighted by atomic mass is 35.5. The molecular formula is C44H44ClN7O5. The Morgan fingerprint density at radius 1 is 0.877 bits per heavy atom. The summed E-state index contributed by atoms with van der Waals surface area (Å²) in [5.41, 5.74) is 6.60. The summed E-state index contributed by atoms with van der Waals surface area (Å²) >= 11 is 6.37. The monoisotopic (exact) mass is 785 g/mol. The van der Waals surface area contributed by atoms with Crippen LogP contribution < -0.4 is 15.1 Å². The standard InChI is InChI=1S/C44H44ClN7O5/c1-27-21-44(26-52(27)35-8-4-29(22-46)38(45)20-35)12-16-48(17-13-44)33-6-2-28(3-7-33)41(55)49-14-10-34(11-15-49)50-23-31-18-36-37(19-32(31)24-50)43(57)51(42(36)56)25-30-5-9-39(53)47-40(30)54/h2-4,6-8,18-20,25,27,34H,5,9-17,21,23-24,26H2,1H3,(H,47,53,54)/b30-25+/t27-/m0/s1. The van der Waals surface area contributed by atoms with Gasteiger partial charge < -0.3 is 14.7 Å². The number of imide groups is 2. The second-order valence-corrected chi connectivity index (χ2v) is 17.0. The van der Waals surface area contributed by atoms with Crippen LogP contribution in [-0.4, -0.2) is 89.0 Å². The summed E-state index contributed by atoms with van der Waals surface area (Å²) in [7, 11) is 0. The van der Waals surface area contributed by atoms with Gasteiger partial charge in [0.1, 0.15) is 6.07 Å². The molecule has 4 fully saturated rings. The maximum Gasteiger partial charge on any atom is 0.265 e. The Labute approximate surface area is 336 Å². The van der Waals surface area contributed by atoms with Crippen molar-refractivity contribution in [2.24, 2.45) is 5.41 Å². The van der Waals surface area contributed by atoms with Gasteiger partial charge in [0.25, 0.3) is 23.6 Å². The van der Waals surface area contributed by atoms with E-state index in [1.165, 1.54) is 6.20 Å². The normalized spacial score (nSPS) is 23.0. The van der Waals surface area contributed by atoms with Crippen molar-refractivity contribution in [1.29, 1.82) is 5.26 Å². The molecule has 6 aliphatic heterocycles. The smallest absolute Gasteiger partial charge is 0.265 e. The number of hydrogen-bond acceptors (Lipinski definition) is 9. The van der Waals surface area contributed by atoms with Crippen molar-refractivity contribution in [3.63, 3.8) is 0 Å². The summed E-state index contributed by atoms with van der Waals surface area (Å²) in [4.78, 5) is 74.1. The molecule has 0 aliphatic carbocycles. The number of anilines is 2. The molecule has 0 radical (unpaired) electrons. The zero-order chi connectivity index (χ0) is 39.6. The zero-order valence-corrected chi connectivity index (χ0v) is 32.7. The van der Waals surface area contributed by atoms with Crippen LogP contribution in [0, 0.1) is 16.7 Å². The Balaban J connectivity index is 0.765. The van der Waals surface area contributed by atoms with E-state index in [1.54, 1.807) is 0 Å².